The molecule has 0 aliphatic carbocycles. The van der Waals surface area contributed by atoms with Crippen molar-refractivity contribution in [3.8, 4) is 0 Å². The number of carbonyl (C=O) groups is 1. The molecule has 2 rings (SSSR count). The summed E-state index contributed by atoms with van der Waals surface area (Å²) in [4.78, 5) is 12.9. The molecule has 0 atom stereocenters. The van der Waals surface area contributed by atoms with E-state index in [1.807, 2.05) is 30.3 Å². The summed E-state index contributed by atoms with van der Waals surface area (Å²) < 4.78 is 0. The van der Waals surface area contributed by atoms with Crippen molar-refractivity contribution >= 4 is 11.7 Å². The minimum Gasteiger partial charge on any atom is -0.481 e. The monoisotopic (exact) mass is 269 g/mol. The number of para-hydroxylation sites is 1. The summed E-state index contributed by atoms with van der Waals surface area (Å²) in [5.41, 5.74) is 3.46. The van der Waals surface area contributed by atoms with Crippen molar-refractivity contribution in [1.29, 1.82) is 0 Å². The van der Waals surface area contributed by atoms with Gasteiger partial charge in [0.15, 0.2) is 0 Å². The number of hydrogen-bond acceptors (Lipinski definition) is 2. The standard InChI is InChI=1S/C17H19NO2/c1-14-7-9-15(10-8-14)13-18(12-11-17(19)20)16-5-3-2-4-6-16/h2-10H,11-13H2,1H3,(H,19,20). The molecule has 3 heteroatoms. The van der Waals surface area contributed by atoms with Crippen LogP contribution < -0.4 is 4.90 Å². The first-order valence-corrected chi connectivity index (χ1v) is 6.72. The molecule has 0 heterocycles. The number of benzene rings is 2. The molecule has 0 saturated heterocycles. The van der Waals surface area contributed by atoms with E-state index >= 15 is 0 Å². The number of anilines is 1. The van der Waals surface area contributed by atoms with Gasteiger partial charge in [-0.3, -0.25) is 4.79 Å². The third-order valence-electron chi connectivity index (χ3n) is 3.21. The fraction of sp³-hybridized carbons (Fsp3) is 0.235. The first-order chi connectivity index (χ1) is 9.65. The zero-order valence-electron chi connectivity index (χ0n) is 11.6. The van der Waals surface area contributed by atoms with E-state index in [2.05, 4.69) is 36.1 Å². The van der Waals surface area contributed by atoms with E-state index in [1.54, 1.807) is 0 Å². The Morgan fingerprint density at radius 1 is 1.05 bits per heavy atom. The lowest BCUT2D eigenvalue weighted by molar-refractivity contribution is -0.136. The Morgan fingerprint density at radius 3 is 2.30 bits per heavy atom. The molecule has 0 amide bonds. The minimum atomic E-state index is -0.769. The molecule has 0 aliphatic heterocycles. The summed E-state index contributed by atoms with van der Waals surface area (Å²) in [5.74, 6) is -0.769. The number of nitrogens with zero attached hydrogens (tertiary/aromatic N) is 1. The summed E-state index contributed by atoms with van der Waals surface area (Å²) in [6, 6.07) is 18.3. The van der Waals surface area contributed by atoms with Gasteiger partial charge < -0.3 is 10.0 Å². The molecular weight excluding hydrogens is 250 g/mol. The number of aryl methyl sites for hydroxylation is 1. The molecule has 3 nitrogen and oxygen atoms in total. The van der Waals surface area contributed by atoms with Crippen molar-refractivity contribution in [2.24, 2.45) is 0 Å². The third-order valence-corrected chi connectivity index (χ3v) is 3.21. The molecule has 0 spiro atoms. The van der Waals surface area contributed by atoms with Crippen LogP contribution in [0.25, 0.3) is 0 Å². The van der Waals surface area contributed by atoms with E-state index in [0.717, 1.165) is 12.2 Å². The Balaban J connectivity index is 2.13. The minimum absolute atomic E-state index is 0.140. The first kappa shape index (κ1) is 14.1. The molecule has 0 fully saturated rings. The van der Waals surface area contributed by atoms with E-state index in [-0.39, 0.29) is 6.42 Å². The van der Waals surface area contributed by atoms with Crippen LogP contribution in [0.15, 0.2) is 54.6 Å². The Bertz CT molecular complexity index is 549. The topological polar surface area (TPSA) is 40.5 Å². The maximum atomic E-state index is 10.8. The van der Waals surface area contributed by atoms with Crippen molar-refractivity contribution in [2.45, 2.75) is 19.9 Å². The van der Waals surface area contributed by atoms with Gasteiger partial charge in [-0.2, -0.15) is 0 Å². The maximum Gasteiger partial charge on any atom is 0.305 e. The second-order valence-corrected chi connectivity index (χ2v) is 4.89. The predicted octanol–water partition coefficient (Wildman–Crippen LogP) is 3.48. The van der Waals surface area contributed by atoms with Gasteiger partial charge in [-0.25, -0.2) is 0 Å². The summed E-state index contributed by atoms with van der Waals surface area (Å²) in [6.07, 6.45) is 0.140. The lowest BCUT2D eigenvalue weighted by Crippen LogP contribution is -2.25. The van der Waals surface area contributed by atoms with Gasteiger partial charge in [-0.1, -0.05) is 48.0 Å². The van der Waals surface area contributed by atoms with Gasteiger partial charge >= 0.3 is 5.97 Å². The molecule has 20 heavy (non-hydrogen) atoms. The highest BCUT2D eigenvalue weighted by Gasteiger charge is 2.09. The van der Waals surface area contributed by atoms with Crippen molar-refractivity contribution in [1.82, 2.24) is 0 Å². The number of aliphatic carboxylic acids is 1. The number of rotatable bonds is 6. The van der Waals surface area contributed by atoms with Crippen LogP contribution in [0, 0.1) is 6.92 Å². The van der Waals surface area contributed by atoms with Crippen molar-refractivity contribution in [3.63, 3.8) is 0 Å². The molecular formula is C17H19NO2. The summed E-state index contributed by atoms with van der Waals surface area (Å²) in [6.45, 7) is 3.29. The number of carboxylic acids is 1. The Kier molecular flexibility index (Phi) is 4.77. The van der Waals surface area contributed by atoms with Crippen LogP contribution in [0.1, 0.15) is 17.5 Å². The smallest absolute Gasteiger partial charge is 0.305 e. The van der Waals surface area contributed by atoms with Gasteiger partial charge in [-0.05, 0) is 24.6 Å². The first-order valence-electron chi connectivity index (χ1n) is 6.72. The zero-order valence-corrected chi connectivity index (χ0v) is 11.6. The maximum absolute atomic E-state index is 10.8. The average Bonchev–Trinajstić information content (AvgIpc) is 2.46. The van der Waals surface area contributed by atoms with E-state index in [0.29, 0.717) is 6.54 Å². The molecule has 0 aromatic heterocycles. The normalized spacial score (nSPS) is 10.2. The molecule has 0 bridgehead atoms. The predicted molar refractivity (Wildman–Crippen MR) is 80.9 cm³/mol. The van der Waals surface area contributed by atoms with Crippen LogP contribution in [0.3, 0.4) is 0 Å². The lowest BCUT2D eigenvalue weighted by atomic mass is 10.1. The van der Waals surface area contributed by atoms with E-state index < -0.39 is 5.97 Å². The van der Waals surface area contributed by atoms with Gasteiger partial charge in [0, 0.05) is 18.8 Å². The van der Waals surface area contributed by atoms with Gasteiger partial charge in [0.1, 0.15) is 0 Å². The second kappa shape index (κ2) is 6.75. The van der Waals surface area contributed by atoms with E-state index in [1.165, 1.54) is 11.1 Å². The van der Waals surface area contributed by atoms with Gasteiger partial charge in [0.25, 0.3) is 0 Å². The Labute approximate surface area is 119 Å². The molecule has 104 valence electrons. The van der Waals surface area contributed by atoms with Gasteiger partial charge in [0.2, 0.25) is 0 Å². The highest BCUT2D eigenvalue weighted by molar-refractivity contribution is 5.67. The highest BCUT2D eigenvalue weighted by atomic mass is 16.4. The van der Waals surface area contributed by atoms with Crippen LogP contribution in [0.4, 0.5) is 5.69 Å². The quantitative estimate of drug-likeness (QED) is 0.872. The van der Waals surface area contributed by atoms with Crippen LogP contribution in [-0.2, 0) is 11.3 Å². The Morgan fingerprint density at radius 2 is 1.70 bits per heavy atom. The van der Waals surface area contributed by atoms with Crippen LogP contribution >= 0.6 is 0 Å². The molecule has 1 N–H and O–H groups in total. The SMILES string of the molecule is Cc1ccc(CN(CCC(=O)O)c2ccccc2)cc1. The highest BCUT2D eigenvalue weighted by Crippen LogP contribution is 2.17. The third kappa shape index (κ3) is 4.12. The zero-order chi connectivity index (χ0) is 14.4. The molecule has 0 saturated carbocycles. The van der Waals surface area contributed by atoms with Crippen LogP contribution in [0.2, 0.25) is 0 Å². The molecule has 0 radical (unpaired) electrons. The van der Waals surface area contributed by atoms with E-state index in [4.69, 9.17) is 5.11 Å². The Hall–Kier alpha value is -2.29. The van der Waals surface area contributed by atoms with Crippen molar-refractivity contribution in [2.75, 3.05) is 11.4 Å². The second-order valence-electron chi connectivity index (χ2n) is 4.89. The molecule has 0 unspecified atom stereocenters. The summed E-state index contributed by atoms with van der Waals surface area (Å²) in [5, 5.41) is 8.89. The molecule has 0 aliphatic rings. The van der Waals surface area contributed by atoms with E-state index in [9.17, 15) is 4.79 Å². The van der Waals surface area contributed by atoms with Gasteiger partial charge in [-0.15, -0.1) is 0 Å². The summed E-state index contributed by atoms with van der Waals surface area (Å²) in [7, 11) is 0. The van der Waals surface area contributed by atoms with Crippen LogP contribution in [0.5, 0.6) is 0 Å². The summed E-state index contributed by atoms with van der Waals surface area (Å²) >= 11 is 0. The largest absolute Gasteiger partial charge is 0.481 e. The fourth-order valence-electron chi connectivity index (χ4n) is 2.08. The fourth-order valence-corrected chi connectivity index (χ4v) is 2.08. The van der Waals surface area contributed by atoms with Gasteiger partial charge in [0.05, 0.1) is 6.42 Å². The number of carboxylic acid groups (broad SMARTS) is 1. The molecule has 2 aromatic carbocycles. The van der Waals surface area contributed by atoms with Crippen LogP contribution in [-0.4, -0.2) is 17.6 Å². The van der Waals surface area contributed by atoms with Crippen molar-refractivity contribution in [3.05, 3.63) is 65.7 Å². The molecule has 2 aromatic rings. The number of hydrogen-bond donors (Lipinski definition) is 1. The lowest BCUT2D eigenvalue weighted by Gasteiger charge is -2.24. The van der Waals surface area contributed by atoms with Crippen molar-refractivity contribution < 1.29 is 9.90 Å². The average molecular weight is 269 g/mol.